The highest BCUT2D eigenvalue weighted by molar-refractivity contribution is 7.98. The SMILES string of the molecule is CSCC[C@@H](NC(=O)[C@H](CC(=O)[C@H](N)CCCCN)Cc1c[nH]c2ccccc12)C(=O)C[C@@H](C(=O)N[C@@H](C(=O)C[C@H](Cc1ccc(O)cc1)C(=O)N[C@H](Cc1ccccc1)C(=O)C[C@H](CCCN=C(N)N)C(=O)N[C@@H](N)CCCCN)C(C)C)C(C)C. The molecule has 87 heavy (non-hydrogen) atoms. The Kier molecular flexibility index (Phi) is 31.9. The Morgan fingerprint density at radius 3 is 1.77 bits per heavy atom. The second-order valence-corrected chi connectivity index (χ2v) is 24.6. The zero-order valence-electron chi connectivity index (χ0n) is 51.6. The number of amides is 4. The van der Waals surface area contributed by atoms with E-state index in [9.17, 15) is 43.5 Å². The van der Waals surface area contributed by atoms with E-state index in [4.69, 9.17) is 34.4 Å². The van der Waals surface area contributed by atoms with E-state index in [-0.39, 0.29) is 87.6 Å². The van der Waals surface area contributed by atoms with Gasteiger partial charge in [0.15, 0.2) is 23.3 Å². The van der Waals surface area contributed by atoms with E-state index in [1.54, 1.807) is 52.0 Å². The fourth-order valence-corrected chi connectivity index (χ4v) is 11.1. The van der Waals surface area contributed by atoms with Crippen molar-refractivity contribution >= 4 is 75.4 Å². The highest BCUT2D eigenvalue weighted by Gasteiger charge is 2.37. The maximum absolute atomic E-state index is 14.9. The first kappa shape index (κ1) is 72.5. The third-order valence-electron chi connectivity index (χ3n) is 15.9. The molecule has 0 unspecified atom stereocenters. The number of fused-ring (bicyclic) bond motifs is 1. The standard InChI is InChI=1S/C65H98N12O9S/c1-40(2)50(38-57(81)53(27-31-87-5)74-63(85)46(36-55(79)51(68)20-11-13-28-66)34-47-39-73-52-21-10-9-19-49(47)52)64(86)77-60(41(3)4)58(82)37-45(32-43-23-25-48(78)26-24-43)62(84)75-54(33-42-16-7-6-8-17-42)56(80)35-44(18-15-30-72-65(70)71)61(83)76-59(69)22-12-14-29-67/h6-10,16-17,19,21,23-26,39-41,44-46,50-51,53-54,59-60,73,78H,11-15,18,20,22,27-38,66-69H2,1-5H3,(H,74,85)(H,75,84)(H,76,83)(H,77,86)(H4,70,71,72)/t44-,45-,46-,50+,51+,53+,54+,59+,60+/m0/s1. The molecule has 0 radical (unpaired) electrons. The molecule has 0 aliphatic rings. The molecule has 0 fully saturated rings. The minimum absolute atomic E-state index is 0.00536. The fourth-order valence-electron chi connectivity index (χ4n) is 10.7. The Morgan fingerprint density at radius 2 is 1.14 bits per heavy atom. The lowest BCUT2D eigenvalue weighted by atomic mass is 9.85. The van der Waals surface area contributed by atoms with Crippen molar-refractivity contribution in [2.45, 2.75) is 161 Å². The number of unbranched alkanes of at least 4 members (excludes halogenated alkanes) is 2. The van der Waals surface area contributed by atoms with Crippen LogP contribution < -0.4 is 55.7 Å². The quantitative estimate of drug-likeness (QED) is 0.0123. The van der Waals surface area contributed by atoms with Crippen LogP contribution in [0.25, 0.3) is 10.9 Å². The first-order chi connectivity index (χ1) is 41.5. The summed E-state index contributed by atoms with van der Waals surface area (Å²) in [5, 5.41) is 22.8. The van der Waals surface area contributed by atoms with Gasteiger partial charge in [-0.25, -0.2) is 0 Å². The summed E-state index contributed by atoms with van der Waals surface area (Å²) >= 11 is 1.49. The molecule has 0 aliphatic carbocycles. The normalized spacial score (nSPS) is 14.6. The number of aromatic nitrogens is 1. The van der Waals surface area contributed by atoms with Crippen LogP contribution in [0.2, 0.25) is 0 Å². The van der Waals surface area contributed by atoms with Gasteiger partial charge in [-0.3, -0.25) is 43.3 Å². The molecule has 4 amide bonds. The Bertz CT molecular complexity index is 2840. The third kappa shape index (κ3) is 25.3. The predicted molar refractivity (Wildman–Crippen MR) is 345 cm³/mol. The maximum atomic E-state index is 14.9. The number of para-hydroxylation sites is 1. The second-order valence-electron chi connectivity index (χ2n) is 23.6. The molecular weight excluding hydrogens is 1120 g/mol. The number of ketones is 4. The van der Waals surface area contributed by atoms with E-state index >= 15 is 0 Å². The number of aliphatic imine (C=N–C) groups is 1. The van der Waals surface area contributed by atoms with E-state index in [0.29, 0.717) is 62.9 Å². The summed E-state index contributed by atoms with van der Waals surface area (Å²) in [4.78, 5) is 123. The van der Waals surface area contributed by atoms with Gasteiger partial charge in [0.2, 0.25) is 23.6 Å². The van der Waals surface area contributed by atoms with Crippen molar-refractivity contribution < 1.29 is 43.5 Å². The molecule has 1 heterocycles. The summed E-state index contributed by atoms with van der Waals surface area (Å²) in [5.41, 5.74) is 38.2. The molecule has 22 heteroatoms. The highest BCUT2D eigenvalue weighted by Crippen LogP contribution is 2.27. The number of aromatic amines is 1. The van der Waals surface area contributed by atoms with E-state index in [1.165, 1.54) is 23.9 Å². The van der Waals surface area contributed by atoms with Crippen LogP contribution >= 0.6 is 11.8 Å². The Labute approximate surface area is 517 Å². The van der Waals surface area contributed by atoms with Gasteiger partial charge in [0.1, 0.15) is 11.5 Å². The first-order valence-corrected chi connectivity index (χ1v) is 32.1. The zero-order chi connectivity index (χ0) is 64.0. The second kappa shape index (κ2) is 38.3. The van der Waals surface area contributed by atoms with Crippen LogP contribution in [0.4, 0.5) is 0 Å². The highest BCUT2D eigenvalue weighted by atomic mass is 32.2. The predicted octanol–water partition coefficient (Wildman–Crippen LogP) is 4.76. The number of carbonyl (C=O) groups is 8. The van der Waals surface area contributed by atoms with Gasteiger partial charge in [-0.1, -0.05) is 94.8 Å². The average molecular weight is 1220 g/mol. The monoisotopic (exact) mass is 1220 g/mol. The van der Waals surface area contributed by atoms with E-state index in [0.717, 1.165) is 28.5 Å². The van der Waals surface area contributed by atoms with Crippen molar-refractivity contribution in [3.8, 4) is 5.75 Å². The third-order valence-corrected chi connectivity index (χ3v) is 16.5. The zero-order valence-corrected chi connectivity index (χ0v) is 52.4. The number of H-pyrrole nitrogens is 1. The number of thioether (sulfide) groups is 1. The van der Waals surface area contributed by atoms with Gasteiger partial charge in [0, 0.05) is 73.0 Å². The summed E-state index contributed by atoms with van der Waals surface area (Å²) in [5.74, 6) is -7.99. The topological polar surface area (TPSA) is 389 Å². The van der Waals surface area contributed by atoms with Crippen LogP contribution in [0.15, 0.2) is 90.1 Å². The summed E-state index contributed by atoms with van der Waals surface area (Å²) < 4.78 is 0. The van der Waals surface area contributed by atoms with Gasteiger partial charge >= 0.3 is 0 Å². The Balaban J connectivity index is 1.60. The summed E-state index contributed by atoms with van der Waals surface area (Å²) in [7, 11) is 0. The minimum Gasteiger partial charge on any atom is -0.508 e. The van der Waals surface area contributed by atoms with Gasteiger partial charge in [0.05, 0.1) is 30.3 Å². The number of aromatic hydroxyl groups is 1. The van der Waals surface area contributed by atoms with Crippen molar-refractivity contribution in [2.75, 3.05) is 31.6 Å². The number of hydrogen-bond donors (Lipinski definition) is 12. The van der Waals surface area contributed by atoms with Crippen molar-refractivity contribution in [3.05, 3.63) is 102 Å². The molecule has 0 bridgehead atoms. The van der Waals surface area contributed by atoms with E-state index in [2.05, 4.69) is 31.2 Å². The van der Waals surface area contributed by atoms with Gasteiger partial charge in [-0.2, -0.15) is 11.8 Å². The Morgan fingerprint density at radius 1 is 0.563 bits per heavy atom. The number of nitrogens with zero attached hydrogens (tertiary/aromatic N) is 1. The number of phenols is 1. The van der Waals surface area contributed by atoms with Crippen molar-refractivity contribution in [1.82, 2.24) is 26.3 Å². The molecule has 9 atom stereocenters. The number of nitrogens with one attached hydrogen (secondary N) is 5. The van der Waals surface area contributed by atoms with Crippen LogP contribution in [0, 0.1) is 35.5 Å². The molecule has 0 spiro atoms. The van der Waals surface area contributed by atoms with Crippen LogP contribution in [-0.2, 0) is 57.6 Å². The fraction of sp³-hybridized carbons (Fsp3) is 0.554. The lowest BCUT2D eigenvalue weighted by Crippen LogP contribution is -2.51. The molecule has 1 aromatic heterocycles. The maximum Gasteiger partial charge on any atom is 0.224 e. The minimum atomic E-state index is -1.15. The molecule has 478 valence electrons. The number of carbonyl (C=O) groups excluding carboxylic acids is 8. The number of guanidine groups is 1. The van der Waals surface area contributed by atoms with Crippen molar-refractivity contribution in [1.29, 1.82) is 0 Å². The first-order valence-electron chi connectivity index (χ1n) is 30.7. The van der Waals surface area contributed by atoms with Gasteiger partial charge in [0.25, 0.3) is 0 Å². The molecule has 0 saturated carbocycles. The Hall–Kier alpha value is -6.98. The molecule has 4 rings (SSSR count). The van der Waals surface area contributed by atoms with Gasteiger partial charge < -0.3 is 65.8 Å². The van der Waals surface area contributed by atoms with Crippen LogP contribution in [-0.4, -0.2) is 125 Å². The lowest BCUT2D eigenvalue weighted by Gasteiger charge is -2.29. The molecule has 18 N–H and O–H groups in total. The number of hydrogen-bond acceptors (Lipinski definition) is 15. The van der Waals surface area contributed by atoms with Crippen molar-refractivity contribution in [2.24, 2.45) is 74.9 Å². The lowest BCUT2D eigenvalue weighted by molar-refractivity contribution is -0.137. The van der Waals surface area contributed by atoms with Crippen LogP contribution in [0.1, 0.15) is 128 Å². The van der Waals surface area contributed by atoms with E-state index in [1.807, 2.05) is 54.9 Å². The molecular formula is C65H98N12O9S. The summed E-state index contributed by atoms with van der Waals surface area (Å²) in [6.45, 7) is 8.26. The number of benzene rings is 3. The van der Waals surface area contributed by atoms with Crippen LogP contribution in [0.5, 0.6) is 5.75 Å². The van der Waals surface area contributed by atoms with E-state index < -0.39 is 101 Å². The van der Waals surface area contributed by atoms with Crippen molar-refractivity contribution in [3.63, 3.8) is 0 Å². The molecule has 21 nitrogen and oxygen atoms in total. The van der Waals surface area contributed by atoms with Gasteiger partial charge in [-0.05, 0) is 142 Å². The smallest absolute Gasteiger partial charge is 0.224 e. The number of nitrogens with two attached hydrogens (primary N) is 6. The summed E-state index contributed by atoms with van der Waals surface area (Å²) in [6, 6.07) is 18.8. The van der Waals surface area contributed by atoms with Crippen LogP contribution in [0.3, 0.4) is 0 Å². The molecule has 0 saturated heterocycles. The summed E-state index contributed by atoms with van der Waals surface area (Å²) in [6.07, 6.45) is 6.70. The number of rotatable bonds is 43. The van der Waals surface area contributed by atoms with Gasteiger partial charge in [-0.15, -0.1) is 0 Å². The largest absolute Gasteiger partial charge is 0.508 e. The molecule has 4 aromatic rings. The number of Topliss-reactive ketones (excluding diaryl/α,β-unsaturated/α-hetero) is 4. The molecule has 0 aliphatic heterocycles. The number of phenolic OH excluding ortho intramolecular Hbond substituents is 1. The molecule has 3 aromatic carbocycles. The average Bonchev–Trinajstić information content (AvgIpc) is 3.68.